The molecule has 0 spiro atoms. The van der Waals surface area contributed by atoms with E-state index in [0.29, 0.717) is 24.2 Å². The van der Waals surface area contributed by atoms with E-state index in [0.717, 1.165) is 16.7 Å². The van der Waals surface area contributed by atoms with Crippen LogP contribution in [-0.4, -0.2) is 102 Å². The highest BCUT2D eigenvalue weighted by Gasteiger charge is 2.44. The molecule has 3 rings (SSSR count). The van der Waals surface area contributed by atoms with E-state index in [1.165, 1.54) is 0 Å². The number of rotatable bonds is 19. The van der Waals surface area contributed by atoms with Crippen molar-refractivity contribution in [1.29, 1.82) is 0 Å². The number of nitrogens with one attached hydrogen (secondary N) is 6. The minimum atomic E-state index is -2.30. The van der Waals surface area contributed by atoms with Gasteiger partial charge in [-0.25, -0.2) is 19.2 Å². The second-order valence-electron chi connectivity index (χ2n) is 24.9. The van der Waals surface area contributed by atoms with Crippen LogP contribution in [-0.2, 0) is 47.0 Å². The zero-order valence-corrected chi connectivity index (χ0v) is 50.9. The lowest BCUT2D eigenvalue weighted by Crippen LogP contribution is -2.63. The maximum atomic E-state index is 15.5. The Hall–Kier alpha value is -6.71. The van der Waals surface area contributed by atoms with Gasteiger partial charge in [0.1, 0.15) is 40.2 Å². The fourth-order valence-corrected chi connectivity index (χ4v) is 8.29. The number of aliphatic imine (C=N–C) groups is 1. The molecule has 0 aliphatic rings. The molecule has 1 heterocycles. The van der Waals surface area contributed by atoms with Crippen molar-refractivity contribution >= 4 is 50.5 Å². The smallest absolute Gasteiger partial charge is 0.437 e. The van der Waals surface area contributed by atoms with Gasteiger partial charge in [0, 0.05) is 19.4 Å². The van der Waals surface area contributed by atoms with Gasteiger partial charge in [0.25, 0.3) is 5.89 Å². The number of guanidine groups is 1. The standard InChI is InChI=1S/C56H89N9O12Si/c1-21-22-29-56(64-50(71)75-54(13,14)15,45-60-42(65-76-45)33-37-26-24-23-25-27-37)63-44(67)41(34-39-35(2)31-38(32-36(39)3)77-78(19,20)55(16,17)18)58-43(66)40(28-30-57-47(68)72-51(4,5)6)59-46(61-48(69)73-52(7,8)9)62-49(70)74-53(10,11)12/h23-27,31-32,40-41H,21-22,28-30,33-34H2,1-20H3,(H,57,68)(H,58,66)(H,63,67)(H,64,71)(H2,59,61,62,69,70)/t40-,41+,56+/m1/s1. The van der Waals surface area contributed by atoms with Crippen molar-refractivity contribution in [3.05, 3.63) is 76.4 Å². The number of amides is 6. The molecule has 22 heteroatoms. The summed E-state index contributed by atoms with van der Waals surface area (Å²) in [5.41, 5.74) is -2.63. The monoisotopic (exact) mass is 1110 g/mol. The molecule has 3 atom stereocenters. The third-order valence-corrected chi connectivity index (χ3v) is 16.2. The molecule has 0 saturated heterocycles. The van der Waals surface area contributed by atoms with Crippen LogP contribution in [0.25, 0.3) is 0 Å². The molecule has 6 N–H and O–H groups in total. The van der Waals surface area contributed by atoms with Crippen molar-refractivity contribution < 1.29 is 56.7 Å². The van der Waals surface area contributed by atoms with E-state index in [1.54, 1.807) is 83.1 Å². The fourth-order valence-electron chi connectivity index (χ4n) is 7.27. The van der Waals surface area contributed by atoms with E-state index in [-0.39, 0.29) is 49.0 Å². The summed E-state index contributed by atoms with van der Waals surface area (Å²) in [6.45, 7) is 36.2. The maximum absolute atomic E-state index is 15.5. The van der Waals surface area contributed by atoms with Crippen molar-refractivity contribution in [2.24, 2.45) is 4.99 Å². The van der Waals surface area contributed by atoms with Crippen molar-refractivity contribution in [1.82, 2.24) is 42.0 Å². The van der Waals surface area contributed by atoms with Gasteiger partial charge < -0.3 is 49.2 Å². The molecule has 6 amide bonds. The Kier molecular flexibility index (Phi) is 22.5. The highest BCUT2D eigenvalue weighted by molar-refractivity contribution is 6.74. The number of alkyl carbamates (subject to hydrolysis) is 3. The van der Waals surface area contributed by atoms with Crippen LogP contribution in [0.1, 0.15) is 170 Å². The molecule has 2 aromatic carbocycles. The molecule has 0 fully saturated rings. The van der Waals surface area contributed by atoms with Crippen molar-refractivity contribution in [2.75, 3.05) is 6.54 Å². The fraction of sp³-hybridized carbons (Fsp3) is 0.625. The molecule has 0 unspecified atom stereocenters. The average molecular weight is 1110 g/mol. The van der Waals surface area contributed by atoms with Crippen molar-refractivity contribution in [3.8, 4) is 5.75 Å². The molecule has 0 radical (unpaired) electrons. The van der Waals surface area contributed by atoms with Crippen LogP contribution >= 0.6 is 0 Å². The van der Waals surface area contributed by atoms with Crippen LogP contribution in [0.5, 0.6) is 5.75 Å². The maximum Gasteiger partial charge on any atom is 0.437 e. The Bertz CT molecular complexity index is 2550. The van der Waals surface area contributed by atoms with Gasteiger partial charge in [0.2, 0.25) is 26.1 Å². The second-order valence-corrected chi connectivity index (χ2v) is 29.7. The minimum Gasteiger partial charge on any atom is -0.543 e. The first-order valence-electron chi connectivity index (χ1n) is 26.5. The number of aromatic nitrogens is 2. The second kappa shape index (κ2) is 26.8. The predicted molar refractivity (Wildman–Crippen MR) is 300 cm³/mol. The van der Waals surface area contributed by atoms with Crippen molar-refractivity contribution in [2.45, 2.75) is 221 Å². The number of benzene rings is 2. The van der Waals surface area contributed by atoms with Gasteiger partial charge in [-0.1, -0.05) is 69.6 Å². The van der Waals surface area contributed by atoms with Crippen LogP contribution in [0.4, 0.5) is 19.2 Å². The van der Waals surface area contributed by atoms with E-state index in [9.17, 15) is 19.2 Å². The van der Waals surface area contributed by atoms with Gasteiger partial charge in [0.05, 0.1) is 0 Å². The topological polar surface area (TPSA) is 272 Å². The zero-order valence-electron chi connectivity index (χ0n) is 49.9. The number of ether oxygens (including phenoxy) is 4. The summed E-state index contributed by atoms with van der Waals surface area (Å²) >= 11 is 0. The normalized spacial score (nSPS) is 14.1. The van der Waals surface area contributed by atoms with Gasteiger partial charge in [-0.15, -0.1) is 4.99 Å². The Labute approximate surface area is 462 Å². The Morgan fingerprint density at radius 1 is 0.692 bits per heavy atom. The summed E-state index contributed by atoms with van der Waals surface area (Å²) in [6, 6.07) is 10.3. The molecule has 1 aromatic heterocycles. The molecular formula is C56H89N9O12Si. The molecule has 0 aliphatic heterocycles. The number of carbonyl (C=O) groups is 6. The van der Waals surface area contributed by atoms with Crippen molar-refractivity contribution in [3.63, 3.8) is 0 Å². The Morgan fingerprint density at radius 3 is 1.78 bits per heavy atom. The van der Waals surface area contributed by atoms with Crippen LogP contribution in [0.2, 0.25) is 18.1 Å². The molecule has 21 nitrogen and oxygen atoms in total. The number of hydrogen-bond donors (Lipinski definition) is 6. The van der Waals surface area contributed by atoms with Gasteiger partial charge in [0.15, 0.2) is 11.5 Å². The first-order valence-corrected chi connectivity index (χ1v) is 29.4. The lowest BCUT2D eigenvalue weighted by atomic mass is 9.94. The van der Waals surface area contributed by atoms with Gasteiger partial charge in [-0.05, 0) is 169 Å². The van der Waals surface area contributed by atoms with Crippen LogP contribution in [0.3, 0.4) is 0 Å². The molecule has 3 aromatic rings. The molecule has 0 bridgehead atoms. The highest BCUT2D eigenvalue weighted by atomic mass is 28.4. The number of unbranched alkanes of at least 4 members (excludes halogenated alkanes) is 1. The summed E-state index contributed by atoms with van der Waals surface area (Å²) in [4.78, 5) is 92.8. The summed E-state index contributed by atoms with van der Waals surface area (Å²) in [6.07, 6.45) is -2.84. The predicted octanol–water partition coefficient (Wildman–Crippen LogP) is 10.1. The Balaban J connectivity index is 2.32. The van der Waals surface area contributed by atoms with E-state index in [4.69, 9.17) is 32.9 Å². The first-order chi connectivity index (χ1) is 35.7. The van der Waals surface area contributed by atoms with E-state index in [2.05, 4.69) is 75.9 Å². The molecule has 434 valence electrons. The number of nitrogens with zero attached hydrogens (tertiary/aromatic N) is 3. The summed E-state index contributed by atoms with van der Waals surface area (Å²) in [5.74, 6) is -1.40. The largest absolute Gasteiger partial charge is 0.543 e. The van der Waals surface area contributed by atoms with Crippen LogP contribution < -0.4 is 36.3 Å². The van der Waals surface area contributed by atoms with E-state index < -0.39 is 90.6 Å². The minimum absolute atomic E-state index is 0.0427. The molecule has 0 aliphatic carbocycles. The summed E-state index contributed by atoms with van der Waals surface area (Å²) in [7, 11) is -2.30. The quantitative estimate of drug-likeness (QED) is 0.0214. The summed E-state index contributed by atoms with van der Waals surface area (Å²) < 4.78 is 34.7. The first kappa shape index (κ1) is 65.6. The summed E-state index contributed by atoms with van der Waals surface area (Å²) in [5, 5.41) is 20.8. The Morgan fingerprint density at radius 2 is 1.24 bits per heavy atom. The highest BCUT2D eigenvalue weighted by Crippen LogP contribution is 2.38. The van der Waals surface area contributed by atoms with E-state index in [1.807, 2.05) is 63.2 Å². The SMILES string of the molecule is CCCC[C@@](NC(=O)OC(C)(C)C)(NC(=O)[C@H](Cc1c(C)cc(O[Si](C)(C)C(C)(C)C)cc1C)NC(=O)[C@@H](CCNC(=O)OC(C)(C)C)N/C(=N/C(=O)OC(C)(C)C)NC(=O)OC(C)(C)C)c1nc(Cc2ccccc2)no1. The number of hydrogen-bond acceptors (Lipinski definition) is 14. The lowest BCUT2D eigenvalue weighted by molar-refractivity contribution is -0.131. The van der Waals surface area contributed by atoms with E-state index >= 15 is 9.59 Å². The van der Waals surface area contributed by atoms with Gasteiger partial charge in [-0.3, -0.25) is 20.2 Å². The average Bonchev–Trinajstić information content (AvgIpc) is 3.72. The number of aryl methyl sites for hydroxylation is 2. The number of carbonyl (C=O) groups excluding carboxylic acids is 6. The molecule has 78 heavy (non-hydrogen) atoms. The zero-order chi connectivity index (χ0) is 59.2. The van der Waals surface area contributed by atoms with Gasteiger partial charge in [-0.2, -0.15) is 4.98 Å². The van der Waals surface area contributed by atoms with Crippen LogP contribution in [0, 0.1) is 13.8 Å². The van der Waals surface area contributed by atoms with Crippen LogP contribution in [0.15, 0.2) is 52.0 Å². The lowest BCUT2D eigenvalue weighted by Gasteiger charge is -2.37. The third kappa shape index (κ3) is 22.7. The molecular weight excluding hydrogens is 1020 g/mol. The molecule has 0 saturated carbocycles. The third-order valence-electron chi connectivity index (χ3n) is 11.8. The van der Waals surface area contributed by atoms with Gasteiger partial charge >= 0.3 is 24.4 Å².